The quantitative estimate of drug-likeness (QED) is 0.661. The van der Waals surface area contributed by atoms with Crippen molar-refractivity contribution in [3.63, 3.8) is 0 Å². The first-order chi connectivity index (χ1) is 8.66. The number of benzene rings is 1. The number of pyridine rings is 1. The third kappa shape index (κ3) is 3.49. The molecule has 3 nitrogen and oxygen atoms in total. The highest BCUT2D eigenvalue weighted by atomic mass is 35.5. The zero-order valence-electron chi connectivity index (χ0n) is 9.45. The highest BCUT2D eigenvalue weighted by Crippen LogP contribution is 2.26. The molecule has 0 radical (unpaired) electrons. The van der Waals surface area contributed by atoms with Gasteiger partial charge in [-0.3, -0.25) is 0 Å². The van der Waals surface area contributed by atoms with Gasteiger partial charge < -0.3 is 10.0 Å². The summed E-state index contributed by atoms with van der Waals surface area (Å²) in [5, 5.41) is 19.6. The van der Waals surface area contributed by atoms with Crippen LogP contribution >= 0.6 is 23.4 Å². The lowest BCUT2D eigenvalue weighted by atomic mass is 9.80. The Labute approximate surface area is 115 Å². The third-order valence-electron chi connectivity index (χ3n) is 2.35. The molecule has 0 saturated heterocycles. The van der Waals surface area contributed by atoms with Crippen LogP contribution in [0.1, 0.15) is 5.56 Å². The highest BCUT2D eigenvalue weighted by Gasteiger charge is 2.11. The van der Waals surface area contributed by atoms with Gasteiger partial charge in [-0.2, -0.15) is 0 Å². The van der Waals surface area contributed by atoms with Crippen molar-refractivity contribution in [1.82, 2.24) is 4.98 Å². The van der Waals surface area contributed by atoms with Gasteiger partial charge in [-0.1, -0.05) is 35.9 Å². The van der Waals surface area contributed by atoms with Gasteiger partial charge in [-0.15, -0.1) is 11.8 Å². The average Bonchev–Trinajstić information content (AvgIpc) is 2.38. The summed E-state index contributed by atoms with van der Waals surface area (Å²) >= 11 is 7.52. The summed E-state index contributed by atoms with van der Waals surface area (Å²) in [6, 6.07) is 10.7. The van der Waals surface area contributed by atoms with Crippen LogP contribution in [0.15, 0.2) is 47.6 Å². The van der Waals surface area contributed by atoms with Gasteiger partial charge >= 0.3 is 7.12 Å². The molecule has 2 N–H and O–H groups in total. The zero-order chi connectivity index (χ0) is 13.0. The topological polar surface area (TPSA) is 53.4 Å². The molecule has 6 heteroatoms. The Balaban J connectivity index is 2.07. The number of thioether (sulfide) groups is 1. The van der Waals surface area contributed by atoms with Crippen molar-refractivity contribution < 1.29 is 10.0 Å². The molecule has 0 aliphatic heterocycles. The summed E-state index contributed by atoms with van der Waals surface area (Å²) in [6.07, 6.45) is 1.70. The minimum Gasteiger partial charge on any atom is -0.423 e. The lowest BCUT2D eigenvalue weighted by Gasteiger charge is -2.05. The van der Waals surface area contributed by atoms with E-state index in [0.29, 0.717) is 16.2 Å². The van der Waals surface area contributed by atoms with E-state index in [9.17, 15) is 0 Å². The number of nitrogens with zero attached hydrogens (tertiary/aromatic N) is 1. The normalized spacial score (nSPS) is 10.4. The fraction of sp³-hybridized carbons (Fsp3) is 0.0833. The smallest absolute Gasteiger partial charge is 0.423 e. The molecule has 0 bridgehead atoms. The molecule has 0 aliphatic carbocycles. The second kappa shape index (κ2) is 6.25. The second-order valence-corrected chi connectivity index (χ2v) is 5.07. The van der Waals surface area contributed by atoms with E-state index in [0.717, 1.165) is 10.6 Å². The SMILES string of the molecule is OB(O)c1cccc(CSc2ncccc2Cl)c1. The van der Waals surface area contributed by atoms with Crippen LogP contribution in [0.3, 0.4) is 0 Å². The number of hydrogen-bond acceptors (Lipinski definition) is 4. The molecule has 0 amide bonds. The highest BCUT2D eigenvalue weighted by molar-refractivity contribution is 7.98. The molecule has 0 fully saturated rings. The molecule has 0 aliphatic rings. The molecule has 1 heterocycles. The lowest BCUT2D eigenvalue weighted by molar-refractivity contribution is 0.425. The average molecular weight is 280 g/mol. The maximum absolute atomic E-state index is 9.09. The van der Waals surface area contributed by atoms with E-state index in [-0.39, 0.29) is 0 Å². The van der Waals surface area contributed by atoms with E-state index in [2.05, 4.69) is 4.98 Å². The molecule has 18 heavy (non-hydrogen) atoms. The van der Waals surface area contributed by atoms with E-state index in [1.807, 2.05) is 6.07 Å². The summed E-state index contributed by atoms with van der Waals surface area (Å²) in [4.78, 5) is 4.18. The van der Waals surface area contributed by atoms with E-state index < -0.39 is 7.12 Å². The lowest BCUT2D eigenvalue weighted by Crippen LogP contribution is -2.29. The van der Waals surface area contributed by atoms with Crippen LogP contribution in [-0.4, -0.2) is 22.2 Å². The first-order valence-electron chi connectivity index (χ1n) is 5.35. The summed E-state index contributed by atoms with van der Waals surface area (Å²) in [5.74, 6) is 0.678. The van der Waals surface area contributed by atoms with Gasteiger partial charge in [0.05, 0.1) is 5.02 Å². The van der Waals surface area contributed by atoms with E-state index in [1.165, 1.54) is 11.8 Å². The zero-order valence-corrected chi connectivity index (χ0v) is 11.0. The number of halogens is 1. The Morgan fingerprint density at radius 3 is 2.78 bits per heavy atom. The third-order valence-corrected chi connectivity index (χ3v) is 3.84. The van der Waals surface area contributed by atoms with Gasteiger partial charge in [-0.25, -0.2) is 4.98 Å². The van der Waals surface area contributed by atoms with Gasteiger partial charge in [0.2, 0.25) is 0 Å². The molecule has 2 rings (SSSR count). The minimum absolute atomic E-state index is 0.486. The molecular formula is C12H11BClNO2S. The summed E-state index contributed by atoms with van der Waals surface area (Å²) in [5.41, 5.74) is 1.48. The van der Waals surface area contributed by atoms with E-state index in [4.69, 9.17) is 21.6 Å². The Morgan fingerprint density at radius 2 is 2.06 bits per heavy atom. The summed E-state index contributed by atoms with van der Waals surface area (Å²) < 4.78 is 0. The Morgan fingerprint density at radius 1 is 1.22 bits per heavy atom. The maximum atomic E-state index is 9.09. The molecule has 1 aromatic heterocycles. The molecule has 0 atom stereocenters. The monoisotopic (exact) mass is 279 g/mol. The largest absolute Gasteiger partial charge is 0.488 e. The first-order valence-corrected chi connectivity index (χ1v) is 6.71. The summed E-state index contributed by atoms with van der Waals surface area (Å²) in [6.45, 7) is 0. The van der Waals surface area contributed by atoms with Crippen molar-refractivity contribution in [1.29, 1.82) is 0 Å². The first kappa shape index (κ1) is 13.4. The molecule has 0 spiro atoms. The fourth-order valence-electron chi connectivity index (χ4n) is 1.47. The standard InChI is InChI=1S/C12H11BClNO2S/c14-11-5-2-6-15-12(11)18-8-9-3-1-4-10(7-9)13(16)17/h1-7,16-17H,8H2. The van der Waals surface area contributed by atoms with Crippen molar-refractivity contribution in [2.75, 3.05) is 0 Å². The van der Waals surface area contributed by atoms with Gasteiger partial charge in [-0.05, 0) is 23.2 Å². The minimum atomic E-state index is -1.44. The maximum Gasteiger partial charge on any atom is 0.488 e. The number of rotatable bonds is 4. The number of hydrogen-bond donors (Lipinski definition) is 2. The summed E-state index contributed by atoms with van der Waals surface area (Å²) in [7, 11) is -1.44. The molecular weight excluding hydrogens is 268 g/mol. The number of aromatic nitrogens is 1. The molecule has 1 aromatic carbocycles. The Hall–Kier alpha value is -1.01. The van der Waals surface area contributed by atoms with Crippen molar-refractivity contribution in [3.8, 4) is 0 Å². The fourth-order valence-corrected chi connectivity index (χ4v) is 2.58. The predicted molar refractivity (Wildman–Crippen MR) is 75.1 cm³/mol. The van der Waals surface area contributed by atoms with Crippen molar-refractivity contribution in [2.24, 2.45) is 0 Å². The molecule has 2 aromatic rings. The van der Waals surface area contributed by atoms with Crippen LogP contribution in [0.2, 0.25) is 5.02 Å². The van der Waals surface area contributed by atoms with Crippen LogP contribution in [0.25, 0.3) is 0 Å². The van der Waals surface area contributed by atoms with Crippen molar-refractivity contribution in [3.05, 3.63) is 53.2 Å². The van der Waals surface area contributed by atoms with Crippen molar-refractivity contribution in [2.45, 2.75) is 10.8 Å². The van der Waals surface area contributed by atoms with Crippen LogP contribution in [0, 0.1) is 0 Å². The Kier molecular flexibility index (Phi) is 4.66. The second-order valence-electron chi connectivity index (χ2n) is 3.70. The van der Waals surface area contributed by atoms with E-state index >= 15 is 0 Å². The van der Waals surface area contributed by atoms with Gasteiger partial charge in [0.15, 0.2) is 0 Å². The van der Waals surface area contributed by atoms with Crippen molar-refractivity contribution >= 4 is 35.9 Å². The van der Waals surface area contributed by atoms with Gasteiger partial charge in [0.1, 0.15) is 5.03 Å². The van der Waals surface area contributed by atoms with Crippen LogP contribution in [0.4, 0.5) is 0 Å². The van der Waals surface area contributed by atoms with Crippen LogP contribution in [0.5, 0.6) is 0 Å². The molecule has 0 saturated carbocycles. The van der Waals surface area contributed by atoms with Crippen LogP contribution < -0.4 is 5.46 Å². The molecule has 92 valence electrons. The van der Waals surface area contributed by atoms with Gasteiger partial charge in [0, 0.05) is 11.9 Å². The van der Waals surface area contributed by atoms with Crippen LogP contribution in [-0.2, 0) is 5.75 Å². The van der Waals surface area contributed by atoms with E-state index in [1.54, 1.807) is 36.5 Å². The molecule has 0 unspecified atom stereocenters. The Bertz CT molecular complexity index is 539. The predicted octanol–water partition coefficient (Wildman–Crippen LogP) is 1.71. The van der Waals surface area contributed by atoms with Gasteiger partial charge in [0.25, 0.3) is 0 Å².